The van der Waals surface area contributed by atoms with Crippen molar-refractivity contribution in [1.82, 2.24) is 14.9 Å². The first-order valence-corrected chi connectivity index (χ1v) is 16.0. The highest BCUT2D eigenvalue weighted by molar-refractivity contribution is 5.96. The number of anilines is 2. The van der Waals surface area contributed by atoms with Crippen LogP contribution in [0.25, 0.3) is 0 Å². The Labute approximate surface area is 277 Å². The minimum Gasteiger partial charge on any atom is -0.460 e. The van der Waals surface area contributed by atoms with Crippen LogP contribution in [-0.2, 0) is 23.9 Å². The summed E-state index contributed by atoms with van der Waals surface area (Å²) in [5.74, 6) is 5.19. The minimum atomic E-state index is -0.647. The molecule has 0 saturated carbocycles. The summed E-state index contributed by atoms with van der Waals surface area (Å²) in [7, 11) is 0. The Kier molecular flexibility index (Phi) is 12.7. The van der Waals surface area contributed by atoms with E-state index in [1.165, 1.54) is 4.90 Å². The molecule has 2 aromatic rings. The van der Waals surface area contributed by atoms with Gasteiger partial charge in [0.15, 0.2) is 0 Å². The zero-order valence-corrected chi connectivity index (χ0v) is 28.6. The third-order valence-corrected chi connectivity index (χ3v) is 7.01. The lowest BCUT2D eigenvalue weighted by Gasteiger charge is -2.27. The second kappa shape index (κ2) is 16.2. The predicted octanol–water partition coefficient (Wildman–Crippen LogP) is 6.25. The Morgan fingerprint density at radius 2 is 1.51 bits per heavy atom. The highest BCUT2D eigenvalue weighted by atomic mass is 16.6. The van der Waals surface area contributed by atoms with E-state index in [2.05, 4.69) is 39.0 Å². The predicted molar refractivity (Wildman–Crippen MR) is 180 cm³/mol. The van der Waals surface area contributed by atoms with Crippen molar-refractivity contribution in [2.24, 2.45) is 5.92 Å². The van der Waals surface area contributed by atoms with Crippen LogP contribution < -0.4 is 10.6 Å². The van der Waals surface area contributed by atoms with E-state index >= 15 is 0 Å². The smallest absolute Gasteiger partial charge is 0.410 e. The van der Waals surface area contributed by atoms with Crippen LogP contribution >= 0.6 is 0 Å². The summed E-state index contributed by atoms with van der Waals surface area (Å²) < 4.78 is 10.8. The summed E-state index contributed by atoms with van der Waals surface area (Å²) >= 11 is 0. The standard InChI is InChI=1S/C36H47N5O6/c1-9-10-12-27(24(2)21-31(42)46-35(3,4)5)32(43)39-29-18-16-25(22-37-29)14-15-26-17-19-30(38-23-26)40-33(44)28-13-11-20-41(28)34(45)47-36(6,7)8/h16-19,22-23,27-28H,2,9-13,20-21H2,1,3-8H3,(H,37,39,43)(H,38,40,44)/t27-,28+/m1/s1. The van der Waals surface area contributed by atoms with Crippen molar-refractivity contribution in [3.05, 3.63) is 59.9 Å². The first-order valence-electron chi connectivity index (χ1n) is 16.0. The van der Waals surface area contributed by atoms with Crippen molar-refractivity contribution >= 4 is 35.5 Å². The van der Waals surface area contributed by atoms with Gasteiger partial charge in [-0.1, -0.05) is 43.8 Å². The zero-order chi connectivity index (χ0) is 34.8. The van der Waals surface area contributed by atoms with Crippen LogP contribution in [0, 0.1) is 17.8 Å². The molecule has 1 aliphatic rings. The SMILES string of the molecule is C=C(CC(=O)OC(C)(C)C)[C@@H](CCCC)C(=O)Nc1ccc(C#Cc2ccc(NC(=O)[C@@H]3CCCN3C(=O)OC(C)(C)C)nc2)cn1. The second-order valence-corrected chi connectivity index (χ2v) is 13.5. The van der Waals surface area contributed by atoms with Gasteiger partial charge in [0.05, 0.1) is 12.3 Å². The molecule has 0 unspecified atom stereocenters. The number of nitrogens with one attached hydrogen (secondary N) is 2. The van der Waals surface area contributed by atoms with Gasteiger partial charge < -0.3 is 20.1 Å². The molecule has 47 heavy (non-hydrogen) atoms. The molecule has 0 spiro atoms. The number of unbranched alkanes of at least 4 members (excludes halogenated alkanes) is 1. The average Bonchev–Trinajstić information content (AvgIpc) is 3.47. The molecule has 0 radical (unpaired) electrons. The molecule has 3 rings (SSSR count). The molecule has 1 aliphatic heterocycles. The van der Waals surface area contributed by atoms with E-state index in [1.54, 1.807) is 78.2 Å². The number of rotatable bonds is 10. The number of hydrogen-bond donors (Lipinski definition) is 2. The molecule has 252 valence electrons. The molecule has 0 aliphatic carbocycles. The fourth-order valence-electron chi connectivity index (χ4n) is 4.84. The van der Waals surface area contributed by atoms with Crippen LogP contribution in [0.4, 0.5) is 16.4 Å². The first kappa shape index (κ1) is 36.7. The Morgan fingerprint density at radius 3 is 2.02 bits per heavy atom. The lowest BCUT2D eigenvalue weighted by atomic mass is 9.91. The van der Waals surface area contributed by atoms with Gasteiger partial charge in [0.1, 0.15) is 28.9 Å². The summed E-state index contributed by atoms with van der Waals surface area (Å²) in [5.41, 5.74) is 0.494. The number of carbonyl (C=O) groups excluding carboxylic acids is 4. The van der Waals surface area contributed by atoms with Crippen molar-refractivity contribution in [2.45, 2.75) is 104 Å². The van der Waals surface area contributed by atoms with Crippen molar-refractivity contribution < 1.29 is 28.7 Å². The second-order valence-electron chi connectivity index (χ2n) is 13.5. The Bertz CT molecular complexity index is 1490. The van der Waals surface area contributed by atoms with Gasteiger partial charge in [0, 0.05) is 30.1 Å². The Hall–Kier alpha value is -4.72. The average molecular weight is 646 g/mol. The summed E-state index contributed by atoms with van der Waals surface area (Å²) in [5, 5.41) is 5.61. The Morgan fingerprint density at radius 1 is 0.936 bits per heavy atom. The van der Waals surface area contributed by atoms with E-state index < -0.39 is 35.2 Å². The number of amides is 3. The van der Waals surface area contributed by atoms with E-state index in [0.29, 0.717) is 54.1 Å². The number of ether oxygens (including phenoxy) is 2. The van der Waals surface area contributed by atoms with Crippen LogP contribution in [0.2, 0.25) is 0 Å². The highest BCUT2D eigenvalue weighted by Crippen LogP contribution is 2.24. The molecule has 2 N–H and O–H groups in total. The number of hydrogen-bond acceptors (Lipinski definition) is 8. The fraction of sp³-hybridized carbons (Fsp3) is 0.500. The largest absolute Gasteiger partial charge is 0.460 e. The van der Waals surface area contributed by atoms with Crippen LogP contribution in [-0.4, -0.2) is 62.5 Å². The third kappa shape index (κ3) is 12.2. The highest BCUT2D eigenvalue weighted by Gasteiger charge is 2.36. The normalized spacial score (nSPS) is 15.1. The number of nitrogens with zero attached hydrogens (tertiary/aromatic N) is 3. The van der Waals surface area contributed by atoms with Gasteiger partial charge in [-0.05, 0) is 85.1 Å². The number of carbonyl (C=O) groups is 4. The van der Waals surface area contributed by atoms with Crippen molar-refractivity contribution in [3.8, 4) is 11.8 Å². The molecule has 1 saturated heterocycles. The molecule has 11 nitrogen and oxygen atoms in total. The van der Waals surface area contributed by atoms with Gasteiger partial charge >= 0.3 is 12.1 Å². The van der Waals surface area contributed by atoms with Gasteiger partial charge in [-0.2, -0.15) is 0 Å². The first-order chi connectivity index (χ1) is 22.0. The molecule has 0 bridgehead atoms. The van der Waals surface area contributed by atoms with Crippen molar-refractivity contribution in [3.63, 3.8) is 0 Å². The topological polar surface area (TPSA) is 140 Å². The monoisotopic (exact) mass is 645 g/mol. The van der Waals surface area contributed by atoms with Crippen LogP contribution in [0.3, 0.4) is 0 Å². The van der Waals surface area contributed by atoms with Gasteiger partial charge in [-0.3, -0.25) is 19.3 Å². The maximum Gasteiger partial charge on any atom is 0.410 e. The Balaban J connectivity index is 1.57. The van der Waals surface area contributed by atoms with Crippen LogP contribution in [0.15, 0.2) is 48.8 Å². The maximum atomic E-state index is 13.1. The molecule has 3 amide bonds. The van der Waals surface area contributed by atoms with E-state index in [9.17, 15) is 19.2 Å². The van der Waals surface area contributed by atoms with E-state index in [1.807, 2.05) is 6.92 Å². The number of pyridine rings is 2. The number of esters is 1. The summed E-state index contributed by atoms with van der Waals surface area (Å²) in [6, 6.07) is 6.17. The molecule has 3 heterocycles. The molecule has 11 heteroatoms. The van der Waals surface area contributed by atoms with Crippen molar-refractivity contribution in [2.75, 3.05) is 17.2 Å². The van der Waals surface area contributed by atoms with Gasteiger partial charge in [0.25, 0.3) is 0 Å². The number of aromatic nitrogens is 2. The molecule has 2 atom stereocenters. The van der Waals surface area contributed by atoms with Crippen molar-refractivity contribution in [1.29, 1.82) is 0 Å². The molecule has 2 aromatic heterocycles. The lowest BCUT2D eigenvalue weighted by molar-refractivity contribution is -0.154. The quantitative estimate of drug-likeness (QED) is 0.176. The van der Waals surface area contributed by atoms with Gasteiger partial charge in [0.2, 0.25) is 11.8 Å². The van der Waals surface area contributed by atoms with Gasteiger partial charge in [-0.25, -0.2) is 14.8 Å². The maximum absolute atomic E-state index is 13.1. The minimum absolute atomic E-state index is 0.0313. The summed E-state index contributed by atoms with van der Waals surface area (Å²) in [4.78, 5) is 61.0. The summed E-state index contributed by atoms with van der Waals surface area (Å²) in [6.07, 6.45) is 6.10. The zero-order valence-electron chi connectivity index (χ0n) is 28.6. The van der Waals surface area contributed by atoms with Gasteiger partial charge in [-0.15, -0.1) is 0 Å². The molecule has 1 fully saturated rings. The molecule has 0 aromatic carbocycles. The fourth-order valence-corrected chi connectivity index (χ4v) is 4.84. The lowest BCUT2D eigenvalue weighted by Crippen LogP contribution is -2.45. The van der Waals surface area contributed by atoms with E-state index in [0.717, 1.165) is 12.8 Å². The molecular weight excluding hydrogens is 598 g/mol. The third-order valence-electron chi connectivity index (χ3n) is 7.01. The van der Waals surface area contributed by atoms with E-state index in [4.69, 9.17) is 9.47 Å². The molecular formula is C36H47N5O6. The summed E-state index contributed by atoms with van der Waals surface area (Å²) in [6.45, 7) is 17.3. The van der Waals surface area contributed by atoms with Crippen LogP contribution in [0.5, 0.6) is 0 Å². The van der Waals surface area contributed by atoms with Crippen LogP contribution in [0.1, 0.15) is 98.1 Å². The van der Waals surface area contributed by atoms with E-state index in [-0.39, 0.29) is 18.2 Å². The number of likely N-dealkylation sites (tertiary alicyclic amines) is 1.